The highest BCUT2D eigenvalue weighted by atomic mass is 32.2. The fourth-order valence-electron chi connectivity index (χ4n) is 3.50. The number of aliphatic hydroxyl groups excluding tert-OH is 3. The highest BCUT2D eigenvalue weighted by Gasteiger charge is 2.41. The summed E-state index contributed by atoms with van der Waals surface area (Å²) in [6, 6.07) is 5.55. The van der Waals surface area contributed by atoms with Crippen molar-refractivity contribution >= 4 is 17.7 Å². The van der Waals surface area contributed by atoms with Gasteiger partial charge in [0.2, 0.25) is 0 Å². The molecular weight excluding hydrogens is 411 g/mol. The molecule has 1 saturated carbocycles. The molecule has 6 unspecified atom stereocenters. The molecule has 0 saturated heterocycles. The first-order valence-corrected chi connectivity index (χ1v) is 11.2. The normalized spacial score (nSPS) is 26.0. The Hall–Kier alpha value is -1.61. The van der Waals surface area contributed by atoms with Gasteiger partial charge in [-0.05, 0) is 43.0 Å². The molecule has 6 atom stereocenters. The highest BCUT2D eigenvalue weighted by Crippen LogP contribution is 2.38. The Labute approximate surface area is 180 Å². The van der Waals surface area contributed by atoms with Crippen molar-refractivity contribution in [3.05, 3.63) is 42.2 Å². The van der Waals surface area contributed by atoms with E-state index in [1.54, 1.807) is 0 Å². The first-order valence-electron chi connectivity index (χ1n) is 10.2. The number of carbonyl (C=O) groups is 1. The summed E-state index contributed by atoms with van der Waals surface area (Å²) in [5, 5.41) is 39.3. The lowest BCUT2D eigenvalue weighted by Crippen LogP contribution is -2.28. The second-order valence-corrected chi connectivity index (χ2v) is 9.04. The van der Waals surface area contributed by atoms with Gasteiger partial charge in [0.25, 0.3) is 0 Å². The van der Waals surface area contributed by atoms with Gasteiger partial charge in [0, 0.05) is 29.8 Å². The number of aliphatic hydroxyl groups is 3. The van der Waals surface area contributed by atoms with E-state index in [0.29, 0.717) is 30.8 Å². The van der Waals surface area contributed by atoms with Crippen molar-refractivity contribution in [3.8, 4) is 5.75 Å². The van der Waals surface area contributed by atoms with Gasteiger partial charge in [-0.3, -0.25) is 4.79 Å². The van der Waals surface area contributed by atoms with Crippen LogP contribution in [-0.4, -0.2) is 62.3 Å². The van der Waals surface area contributed by atoms with Crippen LogP contribution in [0.4, 0.5) is 4.39 Å². The summed E-state index contributed by atoms with van der Waals surface area (Å²) < 4.78 is 18.4. The predicted molar refractivity (Wildman–Crippen MR) is 114 cm³/mol. The minimum Gasteiger partial charge on any atom is -0.491 e. The largest absolute Gasteiger partial charge is 0.491 e. The topological polar surface area (TPSA) is 107 Å². The van der Waals surface area contributed by atoms with Crippen molar-refractivity contribution in [1.29, 1.82) is 0 Å². The zero-order valence-electron chi connectivity index (χ0n) is 17.1. The van der Waals surface area contributed by atoms with Gasteiger partial charge in [-0.1, -0.05) is 19.1 Å². The lowest BCUT2D eigenvalue weighted by molar-refractivity contribution is -0.137. The molecule has 1 fully saturated rings. The summed E-state index contributed by atoms with van der Waals surface area (Å²) in [5.41, 5.74) is 0. The van der Waals surface area contributed by atoms with E-state index >= 15 is 0 Å². The van der Waals surface area contributed by atoms with Gasteiger partial charge in [0.05, 0.1) is 18.3 Å². The van der Waals surface area contributed by atoms with Gasteiger partial charge >= 0.3 is 5.97 Å². The third-order valence-electron chi connectivity index (χ3n) is 5.20. The maximum Gasteiger partial charge on any atom is 0.303 e. The van der Waals surface area contributed by atoms with E-state index in [1.165, 1.54) is 36.0 Å². The molecule has 0 radical (unpaired) electrons. The van der Waals surface area contributed by atoms with Crippen molar-refractivity contribution < 1.29 is 34.3 Å². The van der Waals surface area contributed by atoms with Crippen LogP contribution in [0.1, 0.15) is 32.6 Å². The molecule has 1 aliphatic rings. The van der Waals surface area contributed by atoms with Crippen molar-refractivity contribution in [2.75, 3.05) is 12.4 Å². The second-order valence-electron chi connectivity index (χ2n) is 7.82. The number of carboxylic acids is 1. The van der Waals surface area contributed by atoms with Crippen LogP contribution in [0.5, 0.6) is 5.75 Å². The summed E-state index contributed by atoms with van der Waals surface area (Å²) in [7, 11) is 0. The van der Waals surface area contributed by atoms with Crippen LogP contribution in [0.2, 0.25) is 0 Å². The van der Waals surface area contributed by atoms with Crippen LogP contribution >= 0.6 is 11.8 Å². The molecule has 4 N–H and O–H groups in total. The number of allylic oxidation sites excluding steroid dienone is 2. The number of benzene rings is 1. The number of carboxylic acid groups (broad SMARTS) is 1. The fourth-order valence-corrected chi connectivity index (χ4v) is 4.91. The maximum absolute atomic E-state index is 12.9. The van der Waals surface area contributed by atoms with Crippen molar-refractivity contribution in [2.45, 2.75) is 56.2 Å². The quantitative estimate of drug-likeness (QED) is 0.369. The number of thioether (sulfide) groups is 1. The Morgan fingerprint density at radius 1 is 1.30 bits per heavy atom. The highest BCUT2D eigenvalue weighted by molar-refractivity contribution is 8.00. The molecule has 1 aromatic carbocycles. The Morgan fingerprint density at radius 2 is 2.00 bits per heavy atom. The van der Waals surface area contributed by atoms with Gasteiger partial charge in [-0.25, -0.2) is 4.39 Å². The summed E-state index contributed by atoms with van der Waals surface area (Å²) in [6.07, 6.45) is 3.40. The molecule has 0 heterocycles. The Kier molecular flexibility index (Phi) is 10.1. The first kappa shape index (κ1) is 24.7. The molecule has 30 heavy (non-hydrogen) atoms. The molecule has 1 aromatic rings. The first-order chi connectivity index (χ1) is 14.3. The maximum atomic E-state index is 12.9. The Morgan fingerprint density at radius 3 is 2.67 bits per heavy atom. The monoisotopic (exact) mass is 442 g/mol. The van der Waals surface area contributed by atoms with E-state index in [1.807, 2.05) is 19.1 Å². The van der Waals surface area contributed by atoms with E-state index in [-0.39, 0.29) is 35.9 Å². The van der Waals surface area contributed by atoms with Gasteiger partial charge < -0.3 is 25.2 Å². The SMILES string of the molecule is CC(C=CCC1C(O)CC(O)C1SCC(O)COc1ccc(F)cc1)CCC(=O)O. The predicted octanol–water partition coefficient (Wildman–Crippen LogP) is 2.86. The van der Waals surface area contributed by atoms with Gasteiger partial charge in [-0.2, -0.15) is 11.8 Å². The summed E-state index contributed by atoms with van der Waals surface area (Å²) >= 11 is 1.41. The van der Waals surface area contributed by atoms with E-state index in [0.717, 1.165) is 0 Å². The van der Waals surface area contributed by atoms with E-state index in [4.69, 9.17) is 9.84 Å². The fraction of sp³-hybridized carbons (Fsp3) is 0.591. The zero-order chi connectivity index (χ0) is 22.1. The van der Waals surface area contributed by atoms with E-state index in [2.05, 4.69) is 0 Å². The van der Waals surface area contributed by atoms with Crippen LogP contribution in [-0.2, 0) is 4.79 Å². The third kappa shape index (κ3) is 8.26. The molecule has 2 rings (SSSR count). The van der Waals surface area contributed by atoms with Crippen molar-refractivity contribution in [3.63, 3.8) is 0 Å². The lowest BCUT2D eigenvalue weighted by Gasteiger charge is -2.23. The standard InChI is InChI=1S/C22H31FO6S/c1-14(5-10-21(27)28)3-2-4-18-19(25)11-20(26)22(18)30-13-16(24)12-29-17-8-6-15(23)7-9-17/h2-3,6-9,14,16,18-20,22,24-26H,4-5,10-13H2,1H3,(H,27,28). The minimum absolute atomic E-state index is 0.0513. The van der Waals surface area contributed by atoms with Gasteiger partial charge in [0.15, 0.2) is 0 Å². The van der Waals surface area contributed by atoms with Crippen molar-refractivity contribution in [2.24, 2.45) is 11.8 Å². The number of aliphatic carboxylic acids is 1. The average molecular weight is 443 g/mol. The zero-order valence-corrected chi connectivity index (χ0v) is 17.9. The summed E-state index contributed by atoms with van der Waals surface area (Å²) in [4.78, 5) is 10.6. The summed E-state index contributed by atoms with van der Waals surface area (Å²) in [6.45, 7) is 2.00. The van der Waals surface area contributed by atoms with Crippen LogP contribution < -0.4 is 4.74 Å². The number of halogens is 1. The molecule has 6 nitrogen and oxygen atoms in total. The molecule has 168 valence electrons. The van der Waals surface area contributed by atoms with Crippen LogP contribution in [0.15, 0.2) is 36.4 Å². The molecule has 0 amide bonds. The Balaban J connectivity index is 1.78. The minimum atomic E-state index is -0.817. The number of hydrogen-bond acceptors (Lipinski definition) is 6. The smallest absolute Gasteiger partial charge is 0.303 e. The third-order valence-corrected chi connectivity index (χ3v) is 6.83. The average Bonchev–Trinajstić information content (AvgIpc) is 2.97. The lowest BCUT2D eigenvalue weighted by atomic mass is 9.98. The van der Waals surface area contributed by atoms with Crippen LogP contribution in [0.25, 0.3) is 0 Å². The molecule has 0 aliphatic heterocycles. The second kappa shape index (κ2) is 12.3. The Bertz CT molecular complexity index is 683. The number of rotatable bonds is 12. The van der Waals surface area contributed by atoms with Crippen LogP contribution in [0, 0.1) is 17.7 Å². The van der Waals surface area contributed by atoms with E-state index in [9.17, 15) is 24.5 Å². The van der Waals surface area contributed by atoms with Gasteiger partial charge in [-0.15, -0.1) is 0 Å². The van der Waals surface area contributed by atoms with E-state index < -0.39 is 24.3 Å². The van der Waals surface area contributed by atoms with Gasteiger partial charge in [0.1, 0.15) is 18.2 Å². The molecular formula is C22H31FO6S. The number of ether oxygens (including phenoxy) is 1. The van der Waals surface area contributed by atoms with Crippen molar-refractivity contribution in [1.82, 2.24) is 0 Å². The molecule has 8 heteroatoms. The number of hydrogen-bond donors (Lipinski definition) is 4. The molecule has 0 spiro atoms. The molecule has 0 aromatic heterocycles. The molecule has 0 bridgehead atoms. The molecule has 1 aliphatic carbocycles. The van der Waals surface area contributed by atoms with Crippen LogP contribution in [0.3, 0.4) is 0 Å². The summed E-state index contributed by atoms with van der Waals surface area (Å²) in [5.74, 6) is -0.382.